The highest BCUT2D eigenvalue weighted by Gasteiger charge is 2.36. The van der Waals surface area contributed by atoms with Gasteiger partial charge in [-0.2, -0.15) is 4.98 Å². The lowest BCUT2D eigenvalue weighted by molar-refractivity contribution is -0.0875. The van der Waals surface area contributed by atoms with Crippen molar-refractivity contribution >= 4 is 17.7 Å². The number of aromatic nitrogens is 3. The average molecular weight is 385 g/mol. The number of carbonyl (C=O) groups excluding carboxylic acids is 1. The first-order valence-corrected chi connectivity index (χ1v) is 9.58. The Hall–Kier alpha value is -2.65. The van der Waals surface area contributed by atoms with E-state index in [0.717, 1.165) is 30.9 Å². The van der Waals surface area contributed by atoms with Gasteiger partial charge < -0.3 is 19.9 Å². The number of nitrogens with zero attached hydrogens (tertiary/aromatic N) is 6. The molecule has 2 aliphatic rings. The molecule has 150 valence electrons. The molecule has 2 amide bonds. The van der Waals surface area contributed by atoms with E-state index in [1.54, 1.807) is 11.0 Å². The normalized spacial score (nSPS) is 22.6. The van der Waals surface area contributed by atoms with E-state index in [2.05, 4.69) is 27.3 Å². The summed E-state index contributed by atoms with van der Waals surface area (Å²) in [7, 11) is 5.90. The highest BCUT2D eigenvalue weighted by molar-refractivity contribution is 5.89. The molecule has 3 heterocycles. The first-order chi connectivity index (χ1) is 13.5. The number of carbonyl (C=O) groups is 1. The van der Waals surface area contributed by atoms with Crippen LogP contribution in [0.15, 0.2) is 30.6 Å². The van der Waals surface area contributed by atoms with Crippen LogP contribution >= 0.6 is 0 Å². The molecule has 28 heavy (non-hydrogen) atoms. The molecule has 0 radical (unpaired) electrons. The molecule has 0 aliphatic carbocycles. The zero-order chi connectivity index (χ0) is 19.7. The van der Waals surface area contributed by atoms with Gasteiger partial charge in [0.1, 0.15) is 6.33 Å². The summed E-state index contributed by atoms with van der Waals surface area (Å²) in [6, 6.07) is 7.80. The SMILES string of the molecule is CN(C)c1ncn(-c2cccc(NC(=O)N3CC[C@@H]4OCCN(C)[C@@H]4C3)c2)n1. The van der Waals surface area contributed by atoms with Gasteiger partial charge in [0.2, 0.25) is 5.95 Å². The number of morpholine rings is 1. The lowest BCUT2D eigenvalue weighted by atomic mass is 9.99. The second-order valence-electron chi connectivity index (χ2n) is 7.56. The molecular weight excluding hydrogens is 358 g/mol. The summed E-state index contributed by atoms with van der Waals surface area (Å²) < 4.78 is 7.56. The van der Waals surface area contributed by atoms with Crippen LogP contribution in [0.1, 0.15) is 6.42 Å². The number of urea groups is 1. The second kappa shape index (κ2) is 7.76. The lowest BCUT2D eigenvalue weighted by Crippen LogP contribution is -2.60. The molecule has 2 fully saturated rings. The smallest absolute Gasteiger partial charge is 0.321 e. The molecule has 2 atom stereocenters. The average Bonchev–Trinajstić information content (AvgIpc) is 3.19. The van der Waals surface area contributed by atoms with Gasteiger partial charge in [-0.3, -0.25) is 4.90 Å². The van der Waals surface area contributed by atoms with Gasteiger partial charge in [0.25, 0.3) is 0 Å². The van der Waals surface area contributed by atoms with E-state index in [0.29, 0.717) is 19.0 Å². The van der Waals surface area contributed by atoms with E-state index in [1.807, 2.05) is 48.2 Å². The van der Waals surface area contributed by atoms with Gasteiger partial charge in [-0.25, -0.2) is 9.48 Å². The highest BCUT2D eigenvalue weighted by Crippen LogP contribution is 2.23. The number of piperidine rings is 1. The Balaban J connectivity index is 1.43. The third-order valence-electron chi connectivity index (χ3n) is 5.39. The van der Waals surface area contributed by atoms with Crippen LogP contribution in [0.2, 0.25) is 0 Å². The standard InChI is InChI=1S/C19H27N7O2/c1-23(2)18-20-13-26(22-18)15-6-4-5-14(11-15)21-19(27)25-8-7-17-16(12-25)24(3)9-10-28-17/h4-6,11,13,16-17H,7-10,12H2,1-3H3,(H,21,27)/t16-,17+/m1/s1. The molecule has 9 heteroatoms. The molecule has 2 saturated heterocycles. The number of hydrogen-bond acceptors (Lipinski definition) is 6. The van der Waals surface area contributed by atoms with Crippen molar-refractivity contribution in [3.8, 4) is 5.69 Å². The molecule has 1 aromatic carbocycles. The number of anilines is 2. The maximum atomic E-state index is 12.8. The molecule has 0 bridgehead atoms. The minimum absolute atomic E-state index is 0.0813. The quantitative estimate of drug-likeness (QED) is 0.857. The fourth-order valence-corrected chi connectivity index (χ4v) is 3.74. The zero-order valence-corrected chi connectivity index (χ0v) is 16.6. The van der Waals surface area contributed by atoms with E-state index >= 15 is 0 Å². The fraction of sp³-hybridized carbons (Fsp3) is 0.526. The summed E-state index contributed by atoms with van der Waals surface area (Å²) in [6.07, 6.45) is 2.76. The molecule has 0 unspecified atom stereocenters. The Morgan fingerprint density at radius 3 is 2.96 bits per heavy atom. The van der Waals surface area contributed by atoms with Crippen molar-refractivity contribution in [2.75, 3.05) is 57.6 Å². The maximum absolute atomic E-state index is 12.8. The van der Waals surface area contributed by atoms with Crippen LogP contribution in [-0.2, 0) is 4.74 Å². The predicted molar refractivity (Wildman–Crippen MR) is 107 cm³/mol. The Morgan fingerprint density at radius 2 is 2.18 bits per heavy atom. The molecule has 2 aromatic rings. The van der Waals surface area contributed by atoms with E-state index in [1.165, 1.54) is 0 Å². The fourth-order valence-electron chi connectivity index (χ4n) is 3.74. The third kappa shape index (κ3) is 3.81. The van der Waals surface area contributed by atoms with Gasteiger partial charge in [-0.05, 0) is 31.7 Å². The monoisotopic (exact) mass is 385 g/mol. The minimum Gasteiger partial charge on any atom is -0.375 e. The number of benzene rings is 1. The molecule has 1 aromatic heterocycles. The number of likely N-dealkylation sites (N-methyl/N-ethyl adjacent to an activating group) is 1. The van der Waals surface area contributed by atoms with Gasteiger partial charge >= 0.3 is 6.03 Å². The van der Waals surface area contributed by atoms with Crippen molar-refractivity contribution in [2.24, 2.45) is 0 Å². The largest absolute Gasteiger partial charge is 0.375 e. The van der Waals surface area contributed by atoms with Crippen LogP contribution < -0.4 is 10.2 Å². The Kier molecular flexibility index (Phi) is 5.19. The molecule has 2 aliphatic heterocycles. The van der Waals surface area contributed by atoms with Crippen molar-refractivity contribution in [3.63, 3.8) is 0 Å². The summed E-state index contributed by atoms with van der Waals surface area (Å²) >= 11 is 0. The first-order valence-electron chi connectivity index (χ1n) is 9.58. The van der Waals surface area contributed by atoms with Gasteiger partial charge in [-0.1, -0.05) is 6.07 Å². The number of nitrogens with one attached hydrogen (secondary N) is 1. The molecule has 9 nitrogen and oxygen atoms in total. The van der Waals surface area contributed by atoms with E-state index in [9.17, 15) is 4.79 Å². The van der Waals surface area contributed by atoms with Crippen molar-refractivity contribution in [2.45, 2.75) is 18.6 Å². The zero-order valence-electron chi connectivity index (χ0n) is 16.6. The topological polar surface area (TPSA) is 78.8 Å². The number of fused-ring (bicyclic) bond motifs is 1. The van der Waals surface area contributed by atoms with E-state index in [4.69, 9.17) is 4.74 Å². The van der Waals surface area contributed by atoms with Crippen LogP contribution in [0, 0.1) is 0 Å². The van der Waals surface area contributed by atoms with Crippen molar-refractivity contribution in [3.05, 3.63) is 30.6 Å². The van der Waals surface area contributed by atoms with Crippen LogP contribution in [0.3, 0.4) is 0 Å². The first kappa shape index (κ1) is 18.7. The maximum Gasteiger partial charge on any atom is 0.321 e. The van der Waals surface area contributed by atoms with Crippen LogP contribution in [0.25, 0.3) is 5.69 Å². The number of likely N-dealkylation sites (tertiary alicyclic amines) is 1. The number of rotatable bonds is 3. The van der Waals surface area contributed by atoms with Gasteiger partial charge in [0.15, 0.2) is 0 Å². The van der Waals surface area contributed by atoms with Crippen LogP contribution in [-0.4, -0.2) is 90.1 Å². The van der Waals surface area contributed by atoms with Gasteiger partial charge in [0, 0.05) is 39.4 Å². The summed E-state index contributed by atoms with van der Waals surface area (Å²) in [5, 5.41) is 7.45. The van der Waals surface area contributed by atoms with Crippen molar-refractivity contribution in [1.82, 2.24) is 24.6 Å². The number of amides is 2. The van der Waals surface area contributed by atoms with E-state index < -0.39 is 0 Å². The Bertz CT molecular complexity index is 837. The Morgan fingerprint density at radius 1 is 1.32 bits per heavy atom. The van der Waals surface area contributed by atoms with Gasteiger partial charge in [-0.15, -0.1) is 5.10 Å². The summed E-state index contributed by atoms with van der Waals surface area (Å²) in [4.78, 5) is 23.1. The predicted octanol–water partition coefficient (Wildman–Crippen LogP) is 1.27. The van der Waals surface area contributed by atoms with Crippen LogP contribution in [0.5, 0.6) is 0 Å². The van der Waals surface area contributed by atoms with Crippen LogP contribution in [0.4, 0.5) is 16.4 Å². The molecule has 0 spiro atoms. The van der Waals surface area contributed by atoms with E-state index in [-0.39, 0.29) is 18.2 Å². The van der Waals surface area contributed by atoms with Crippen molar-refractivity contribution < 1.29 is 9.53 Å². The molecule has 1 N–H and O–H groups in total. The minimum atomic E-state index is -0.0813. The lowest BCUT2D eigenvalue weighted by Gasteiger charge is -2.45. The molecule has 0 saturated carbocycles. The molecular formula is C19H27N7O2. The Labute approximate surface area is 164 Å². The number of hydrogen-bond donors (Lipinski definition) is 1. The second-order valence-corrected chi connectivity index (χ2v) is 7.56. The number of ether oxygens (including phenoxy) is 1. The van der Waals surface area contributed by atoms with Crippen molar-refractivity contribution in [1.29, 1.82) is 0 Å². The summed E-state index contributed by atoms with van der Waals surface area (Å²) in [5.74, 6) is 0.635. The third-order valence-corrected chi connectivity index (χ3v) is 5.39. The molecule has 4 rings (SSSR count). The summed E-state index contributed by atoms with van der Waals surface area (Å²) in [5.41, 5.74) is 1.58. The van der Waals surface area contributed by atoms with Gasteiger partial charge in [0.05, 0.1) is 24.4 Å². The summed E-state index contributed by atoms with van der Waals surface area (Å²) in [6.45, 7) is 3.07. The highest BCUT2D eigenvalue weighted by atomic mass is 16.5.